The van der Waals surface area contributed by atoms with Gasteiger partial charge in [0.2, 0.25) is 5.91 Å². The molecule has 1 heterocycles. The van der Waals surface area contributed by atoms with Crippen molar-refractivity contribution in [2.45, 2.75) is 31.6 Å². The van der Waals surface area contributed by atoms with Crippen LogP contribution in [0.25, 0.3) is 0 Å². The van der Waals surface area contributed by atoms with Crippen LogP contribution in [-0.2, 0) is 9.53 Å². The first kappa shape index (κ1) is 21.0. The highest BCUT2D eigenvalue weighted by Crippen LogP contribution is 2.31. The molecule has 0 saturated heterocycles. The van der Waals surface area contributed by atoms with E-state index in [9.17, 15) is 4.79 Å². The van der Waals surface area contributed by atoms with E-state index in [1.165, 1.54) is 18.4 Å². The minimum absolute atomic E-state index is 0. The van der Waals surface area contributed by atoms with Crippen molar-refractivity contribution in [1.29, 1.82) is 0 Å². The van der Waals surface area contributed by atoms with Crippen LogP contribution >= 0.6 is 24.0 Å². The Kier molecular flexibility index (Phi) is 8.64. The van der Waals surface area contributed by atoms with Gasteiger partial charge in [-0.05, 0) is 36.8 Å². The molecule has 1 saturated carbocycles. The normalized spacial score (nSPS) is 19.2. The van der Waals surface area contributed by atoms with Crippen molar-refractivity contribution in [3.8, 4) is 0 Å². The molecule has 1 aromatic rings. The number of nitrogens with zero attached hydrogens (tertiary/aromatic N) is 1. The van der Waals surface area contributed by atoms with Gasteiger partial charge in [-0.3, -0.25) is 9.79 Å². The molecule has 26 heavy (non-hydrogen) atoms. The van der Waals surface area contributed by atoms with E-state index in [2.05, 4.69) is 27.0 Å². The van der Waals surface area contributed by atoms with E-state index in [1.807, 2.05) is 18.2 Å². The standard InChI is InChI=1S/C19H28N4O2.HI/c1-20-19(21-9-4-10-25-13-14-7-8-14)22-12-15-11-18(24)23-17-6-3-2-5-16(15)17;/h2-3,5-6,14-15H,4,7-13H2,1H3,(H,23,24)(H2,20,21,22);1H. The lowest BCUT2D eigenvalue weighted by Crippen LogP contribution is -2.41. The fourth-order valence-electron chi connectivity index (χ4n) is 3.04. The van der Waals surface area contributed by atoms with Crippen LogP contribution in [-0.4, -0.2) is 45.2 Å². The number of guanidine groups is 1. The molecule has 144 valence electrons. The highest BCUT2D eigenvalue weighted by molar-refractivity contribution is 14.0. The molecular weight excluding hydrogens is 443 g/mol. The highest BCUT2D eigenvalue weighted by atomic mass is 127. The van der Waals surface area contributed by atoms with Crippen LogP contribution in [0.1, 0.15) is 37.2 Å². The van der Waals surface area contributed by atoms with Crippen molar-refractivity contribution in [3.05, 3.63) is 29.8 Å². The van der Waals surface area contributed by atoms with E-state index in [0.717, 1.165) is 43.7 Å². The van der Waals surface area contributed by atoms with E-state index in [-0.39, 0.29) is 35.8 Å². The fourth-order valence-corrected chi connectivity index (χ4v) is 3.04. The molecule has 1 aromatic carbocycles. The van der Waals surface area contributed by atoms with Gasteiger partial charge in [-0.1, -0.05) is 18.2 Å². The number of hydrogen-bond acceptors (Lipinski definition) is 3. The maximum atomic E-state index is 11.9. The van der Waals surface area contributed by atoms with Crippen LogP contribution < -0.4 is 16.0 Å². The maximum Gasteiger partial charge on any atom is 0.225 e. The lowest BCUT2D eigenvalue weighted by molar-refractivity contribution is -0.116. The first-order chi connectivity index (χ1) is 12.3. The molecule has 1 amide bonds. The van der Waals surface area contributed by atoms with E-state index < -0.39 is 0 Å². The predicted molar refractivity (Wildman–Crippen MR) is 115 cm³/mol. The quantitative estimate of drug-likeness (QED) is 0.236. The van der Waals surface area contributed by atoms with Crippen molar-refractivity contribution in [2.75, 3.05) is 38.7 Å². The molecule has 7 heteroatoms. The van der Waals surface area contributed by atoms with Crippen molar-refractivity contribution < 1.29 is 9.53 Å². The Morgan fingerprint density at radius 1 is 1.31 bits per heavy atom. The molecule has 1 aliphatic carbocycles. The van der Waals surface area contributed by atoms with Crippen LogP contribution in [0, 0.1) is 5.92 Å². The van der Waals surface area contributed by atoms with Gasteiger partial charge in [-0.2, -0.15) is 0 Å². The Hall–Kier alpha value is -1.35. The summed E-state index contributed by atoms with van der Waals surface area (Å²) < 4.78 is 5.63. The van der Waals surface area contributed by atoms with Gasteiger partial charge in [-0.25, -0.2) is 0 Å². The predicted octanol–water partition coefficient (Wildman–Crippen LogP) is 2.71. The third kappa shape index (κ3) is 6.42. The van der Waals surface area contributed by atoms with Crippen LogP contribution in [0.2, 0.25) is 0 Å². The van der Waals surface area contributed by atoms with Gasteiger partial charge in [0.15, 0.2) is 5.96 Å². The lowest BCUT2D eigenvalue weighted by Gasteiger charge is -2.26. The molecule has 1 aliphatic heterocycles. The van der Waals surface area contributed by atoms with Crippen molar-refractivity contribution in [1.82, 2.24) is 10.6 Å². The largest absolute Gasteiger partial charge is 0.381 e. The number of carbonyl (C=O) groups is 1. The monoisotopic (exact) mass is 472 g/mol. The number of rotatable bonds is 8. The number of benzene rings is 1. The average molecular weight is 472 g/mol. The molecule has 0 bridgehead atoms. The number of nitrogens with one attached hydrogen (secondary N) is 3. The van der Waals surface area contributed by atoms with E-state index >= 15 is 0 Å². The van der Waals surface area contributed by atoms with Crippen molar-refractivity contribution >= 4 is 41.5 Å². The number of fused-ring (bicyclic) bond motifs is 1. The molecule has 1 fully saturated rings. The first-order valence-corrected chi connectivity index (χ1v) is 9.17. The molecule has 3 rings (SSSR count). The molecule has 6 nitrogen and oxygen atoms in total. The number of para-hydroxylation sites is 1. The topological polar surface area (TPSA) is 74.8 Å². The van der Waals surface area contributed by atoms with E-state index in [0.29, 0.717) is 13.0 Å². The van der Waals surface area contributed by atoms with Crippen molar-refractivity contribution in [3.63, 3.8) is 0 Å². The van der Waals surface area contributed by atoms with Gasteiger partial charge in [0.25, 0.3) is 0 Å². The Balaban J connectivity index is 0.00000243. The van der Waals surface area contributed by atoms with Gasteiger partial charge in [0.05, 0.1) is 0 Å². The summed E-state index contributed by atoms with van der Waals surface area (Å²) in [6, 6.07) is 7.99. The summed E-state index contributed by atoms with van der Waals surface area (Å²) in [5.41, 5.74) is 2.10. The number of ether oxygens (including phenoxy) is 1. The lowest BCUT2D eigenvalue weighted by atomic mass is 9.90. The molecule has 2 aliphatic rings. The summed E-state index contributed by atoms with van der Waals surface area (Å²) in [6.45, 7) is 3.21. The third-order valence-electron chi connectivity index (χ3n) is 4.65. The number of halogens is 1. The zero-order valence-electron chi connectivity index (χ0n) is 15.3. The smallest absolute Gasteiger partial charge is 0.225 e. The molecule has 1 unspecified atom stereocenters. The summed E-state index contributed by atoms with van der Waals surface area (Å²) in [6.07, 6.45) is 4.12. The zero-order chi connectivity index (χ0) is 17.5. The van der Waals surface area contributed by atoms with Gasteiger partial charge >= 0.3 is 0 Å². The van der Waals surface area contributed by atoms with Gasteiger partial charge in [0, 0.05) is 51.4 Å². The Bertz CT molecular complexity index is 619. The Morgan fingerprint density at radius 3 is 2.88 bits per heavy atom. The maximum absolute atomic E-state index is 11.9. The molecule has 1 atom stereocenters. The SMILES string of the molecule is CN=C(NCCCOCC1CC1)NCC1CC(=O)Nc2ccccc21.I. The fraction of sp³-hybridized carbons (Fsp3) is 0.579. The summed E-state index contributed by atoms with van der Waals surface area (Å²) in [5.74, 6) is 1.82. The van der Waals surface area contributed by atoms with E-state index in [1.54, 1.807) is 7.05 Å². The number of hydrogen-bond donors (Lipinski definition) is 3. The second-order valence-electron chi connectivity index (χ2n) is 6.79. The summed E-state index contributed by atoms with van der Waals surface area (Å²) in [4.78, 5) is 16.1. The van der Waals surface area contributed by atoms with Gasteiger partial charge in [-0.15, -0.1) is 24.0 Å². The summed E-state index contributed by atoms with van der Waals surface area (Å²) in [7, 11) is 1.76. The molecule has 0 aromatic heterocycles. The minimum atomic E-state index is 0. The molecule has 0 spiro atoms. The molecule has 0 radical (unpaired) electrons. The first-order valence-electron chi connectivity index (χ1n) is 9.17. The number of carbonyl (C=O) groups excluding carboxylic acids is 1. The molecule has 3 N–H and O–H groups in total. The van der Waals surface area contributed by atoms with E-state index in [4.69, 9.17) is 4.74 Å². The molecular formula is C19H29IN4O2. The summed E-state index contributed by atoms with van der Waals surface area (Å²) >= 11 is 0. The second kappa shape index (κ2) is 10.7. The summed E-state index contributed by atoms with van der Waals surface area (Å²) in [5, 5.41) is 9.58. The van der Waals surface area contributed by atoms with Crippen LogP contribution in [0.5, 0.6) is 0 Å². The second-order valence-corrected chi connectivity index (χ2v) is 6.79. The van der Waals surface area contributed by atoms with Gasteiger partial charge in [0.1, 0.15) is 0 Å². The van der Waals surface area contributed by atoms with Crippen LogP contribution in [0.3, 0.4) is 0 Å². The Labute approximate surface area is 172 Å². The zero-order valence-corrected chi connectivity index (χ0v) is 17.6. The third-order valence-corrected chi connectivity index (χ3v) is 4.65. The average Bonchev–Trinajstić information content (AvgIpc) is 3.44. The van der Waals surface area contributed by atoms with Crippen LogP contribution in [0.4, 0.5) is 5.69 Å². The Morgan fingerprint density at radius 2 is 2.12 bits per heavy atom. The van der Waals surface area contributed by atoms with Crippen LogP contribution in [0.15, 0.2) is 29.3 Å². The highest BCUT2D eigenvalue weighted by Gasteiger charge is 2.24. The number of anilines is 1. The number of amides is 1. The number of aliphatic imine (C=N–C) groups is 1. The van der Waals surface area contributed by atoms with Crippen molar-refractivity contribution in [2.24, 2.45) is 10.9 Å². The minimum Gasteiger partial charge on any atom is -0.381 e. The van der Waals surface area contributed by atoms with Gasteiger partial charge < -0.3 is 20.7 Å².